The van der Waals surface area contributed by atoms with Gasteiger partial charge in [-0.25, -0.2) is 4.98 Å². The molecule has 1 aromatic heterocycles. The Balaban J connectivity index is 1.46. The summed E-state index contributed by atoms with van der Waals surface area (Å²) in [5.41, 5.74) is 1.60. The molecule has 0 aliphatic carbocycles. The molecule has 0 bridgehead atoms. The molecule has 4 aromatic rings. The quantitative estimate of drug-likeness (QED) is 0.336. The molecule has 3 aromatic carbocycles. The van der Waals surface area contributed by atoms with E-state index in [1.807, 2.05) is 36.4 Å². The summed E-state index contributed by atoms with van der Waals surface area (Å²) in [6.45, 7) is 1.88. The highest BCUT2D eigenvalue weighted by Crippen LogP contribution is 2.36. The van der Waals surface area contributed by atoms with Crippen LogP contribution in [0.1, 0.15) is 5.56 Å². The predicted molar refractivity (Wildman–Crippen MR) is 145 cm³/mol. The molecule has 38 heavy (non-hydrogen) atoms. The molecule has 0 saturated carbocycles. The normalized spacial score (nSPS) is 13.7. The van der Waals surface area contributed by atoms with Crippen molar-refractivity contribution >= 4 is 34.6 Å². The summed E-state index contributed by atoms with van der Waals surface area (Å²) in [7, 11) is 1.48. The van der Waals surface area contributed by atoms with Crippen molar-refractivity contribution in [2.45, 2.75) is 0 Å². The van der Waals surface area contributed by atoms with Crippen molar-refractivity contribution < 1.29 is 19.0 Å². The number of para-hydroxylation sites is 1. The third kappa shape index (κ3) is 5.39. The second kappa shape index (κ2) is 11.5. The molecule has 0 radical (unpaired) electrons. The van der Waals surface area contributed by atoms with Crippen molar-refractivity contribution in [3.8, 4) is 22.9 Å². The van der Waals surface area contributed by atoms with E-state index in [4.69, 9.17) is 30.8 Å². The standard InChI is InChI=1S/C28H25ClN4O5/c1-36-24-16-19(15-22(29)26(24)38-18-25(34)32-11-13-37-14-12-32)17-30-33-27(20-7-3-2-4-8-20)31-23-10-6-5-9-21(23)28(33)35/h2-10,15-17H,11-14,18H2,1H3. The molecule has 0 spiro atoms. The second-order valence-corrected chi connectivity index (χ2v) is 8.90. The van der Waals surface area contributed by atoms with Gasteiger partial charge >= 0.3 is 0 Å². The highest BCUT2D eigenvalue weighted by atomic mass is 35.5. The van der Waals surface area contributed by atoms with E-state index in [0.717, 1.165) is 5.56 Å². The first-order valence-electron chi connectivity index (χ1n) is 12.0. The Morgan fingerprint density at radius 3 is 2.61 bits per heavy atom. The lowest BCUT2D eigenvalue weighted by molar-refractivity contribution is -0.137. The van der Waals surface area contributed by atoms with Gasteiger partial charge in [0.05, 0.1) is 42.5 Å². The Morgan fingerprint density at radius 2 is 1.84 bits per heavy atom. The van der Waals surface area contributed by atoms with Gasteiger partial charge in [-0.1, -0.05) is 54.1 Å². The van der Waals surface area contributed by atoms with Gasteiger partial charge in [-0.15, -0.1) is 0 Å². The summed E-state index contributed by atoms with van der Waals surface area (Å²) in [6.07, 6.45) is 1.50. The maximum atomic E-state index is 13.4. The lowest BCUT2D eigenvalue weighted by atomic mass is 10.2. The molecule has 1 amide bonds. The summed E-state index contributed by atoms with van der Waals surface area (Å²) in [5, 5.41) is 5.17. The van der Waals surface area contributed by atoms with E-state index in [-0.39, 0.29) is 28.8 Å². The number of carbonyl (C=O) groups is 1. The highest BCUT2D eigenvalue weighted by molar-refractivity contribution is 6.32. The summed E-state index contributed by atoms with van der Waals surface area (Å²) in [4.78, 5) is 32.2. The van der Waals surface area contributed by atoms with Gasteiger partial charge in [-0.2, -0.15) is 9.78 Å². The Labute approximate surface area is 223 Å². The molecule has 0 unspecified atom stereocenters. The maximum absolute atomic E-state index is 13.4. The molecule has 2 heterocycles. The van der Waals surface area contributed by atoms with E-state index < -0.39 is 0 Å². The molecular weight excluding hydrogens is 508 g/mol. The van der Waals surface area contributed by atoms with Crippen LogP contribution < -0.4 is 15.0 Å². The topological polar surface area (TPSA) is 95.2 Å². The van der Waals surface area contributed by atoms with Gasteiger partial charge in [0.25, 0.3) is 11.5 Å². The summed E-state index contributed by atoms with van der Waals surface area (Å²) >= 11 is 6.51. The van der Waals surface area contributed by atoms with Crippen LogP contribution in [-0.4, -0.2) is 66.7 Å². The Bertz CT molecular complexity index is 1550. The zero-order valence-corrected chi connectivity index (χ0v) is 21.4. The second-order valence-electron chi connectivity index (χ2n) is 8.50. The van der Waals surface area contributed by atoms with Crippen LogP contribution in [0.25, 0.3) is 22.3 Å². The smallest absolute Gasteiger partial charge is 0.282 e. The molecule has 1 saturated heterocycles. The van der Waals surface area contributed by atoms with Crippen molar-refractivity contribution in [1.29, 1.82) is 0 Å². The third-order valence-corrected chi connectivity index (χ3v) is 6.34. The number of hydrogen-bond acceptors (Lipinski definition) is 7. The number of aromatic nitrogens is 2. The van der Waals surface area contributed by atoms with Gasteiger partial charge in [0.2, 0.25) is 0 Å². The molecule has 0 N–H and O–H groups in total. The largest absolute Gasteiger partial charge is 0.493 e. The average Bonchev–Trinajstić information content (AvgIpc) is 2.96. The Hall–Kier alpha value is -4.21. The first kappa shape index (κ1) is 25.4. The summed E-state index contributed by atoms with van der Waals surface area (Å²) < 4.78 is 17.8. The Kier molecular flexibility index (Phi) is 7.67. The molecular formula is C28H25ClN4O5. The minimum atomic E-state index is -0.301. The van der Waals surface area contributed by atoms with Crippen molar-refractivity contribution in [2.24, 2.45) is 5.10 Å². The monoisotopic (exact) mass is 532 g/mol. The van der Waals surface area contributed by atoms with Gasteiger partial charge in [-0.3, -0.25) is 9.59 Å². The fraction of sp³-hybridized carbons (Fsp3) is 0.214. The zero-order valence-electron chi connectivity index (χ0n) is 20.7. The van der Waals surface area contributed by atoms with Crippen LogP contribution in [-0.2, 0) is 9.53 Å². The van der Waals surface area contributed by atoms with Crippen LogP contribution in [0.15, 0.2) is 76.6 Å². The van der Waals surface area contributed by atoms with Gasteiger partial charge in [-0.05, 0) is 29.8 Å². The number of nitrogens with zero attached hydrogens (tertiary/aromatic N) is 4. The summed E-state index contributed by atoms with van der Waals surface area (Å²) in [5.74, 6) is 0.835. The number of carbonyl (C=O) groups excluding carboxylic acids is 1. The molecule has 0 atom stereocenters. The number of rotatable bonds is 7. The number of amides is 1. The fourth-order valence-electron chi connectivity index (χ4n) is 4.12. The van der Waals surface area contributed by atoms with Gasteiger partial charge in [0.15, 0.2) is 23.9 Å². The minimum absolute atomic E-state index is 0.159. The maximum Gasteiger partial charge on any atom is 0.282 e. The van der Waals surface area contributed by atoms with Gasteiger partial charge in [0.1, 0.15) is 0 Å². The zero-order chi connectivity index (χ0) is 26.5. The number of halogens is 1. The first-order chi connectivity index (χ1) is 18.5. The van der Waals surface area contributed by atoms with Crippen LogP contribution in [0.5, 0.6) is 11.5 Å². The van der Waals surface area contributed by atoms with Crippen LogP contribution in [0, 0.1) is 0 Å². The SMILES string of the molecule is COc1cc(C=Nn2c(-c3ccccc3)nc3ccccc3c2=O)cc(Cl)c1OCC(=O)N1CCOCC1. The lowest BCUT2D eigenvalue weighted by Gasteiger charge is -2.26. The number of fused-ring (bicyclic) bond motifs is 1. The van der Waals surface area contributed by atoms with Crippen LogP contribution in [0.3, 0.4) is 0 Å². The Morgan fingerprint density at radius 1 is 1.11 bits per heavy atom. The first-order valence-corrected chi connectivity index (χ1v) is 12.4. The van der Waals surface area contributed by atoms with Gasteiger partial charge in [0, 0.05) is 18.7 Å². The number of ether oxygens (including phenoxy) is 3. The number of hydrogen-bond donors (Lipinski definition) is 0. The van der Waals surface area contributed by atoms with Crippen molar-refractivity contribution in [2.75, 3.05) is 40.0 Å². The van der Waals surface area contributed by atoms with Crippen LogP contribution in [0.4, 0.5) is 0 Å². The van der Waals surface area contributed by atoms with E-state index in [1.54, 1.807) is 35.2 Å². The highest BCUT2D eigenvalue weighted by Gasteiger charge is 2.20. The van der Waals surface area contributed by atoms with Crippen LogP contribution in [0.2, 0.25) is 5.02 Å². The van der Waals surface area contributed by atoms with Crippen molar-refractivity contribution in [1.82, 2.24) is 14.6 Å². The molecule has 194 valence electrons. The van der Waals surface area contributed by atoms with Gasteiger partial charge < -0.3 is 19.1 Å². The number of morpholine rings is 1. The predicted octanol–water partition coefficient (Wildman–Crippen LogP) is 3.85. The van der Waals surface area contributed by atoms with E-state index in [2.05, 4.69) is 5.10 Å². The number of benzene rings is 3. The molecule has 9 nitrogen and oxygen atoms in total. The van der Waals surface area contributed by atoms with E-state index in [9.17, 15) is 9.59 Å². The van der Waals surface area contributed by atoms with E-state index in [0.29, 0.717) is 54.3 Å². The molecule has 1 aliphatic rings. The third-order valence-electron chi connectivity index (χ3n) is 6.06. The summed E-state index contributed by atoms with van der Waals surface area (Å²) in [6, 6.07) is 19.8. The van der Waals surface area contributed by atoms with Crippen LogP contribution >= 0.6 is 11.6 Å². The van der Waals surface area contributed by atoms with Crippen molar-refractivity contribution in [3.63, 3.8) is 0 Å². The lowest BCUT2D eigenvalue weighted by Crippen LogP contribution is -2.43. The average molecular weight is 533 g/mol. The van der Waals surface area contributed by atoms with E-state index in [1.165, 1.54) is 18.0 Å². The minimum Gasteiger partial charge on any atom is -0.493 e. The number of methoxy groups -OCH3 is 1. The molecule has 5 rings (SSSR count). The molecule has 1 fully saturated rings. The fourth-order valence-corrected chi connectivity index (χ4v) is 4.40. The molecule has 10 heteroatoms. The molecule has 1 aliphatic heterocycles. The van der Waals surface area contributed by atoms with Crippen molar-refractivity contribution in [3.05, 3.63) is 87.7 Å². The van der Waals surface area contributed by atoms with E-state index >= 15 is 0 Å².